The first-order valence-electron chi connectivity index (χ1n) is 7.48. The predicted octanol–water partition coefficient (Wildman–Crippen LogP) is 4.05. The first kappa shape index (κ1) is 18.7. The van der Waals surface area contributed by atoms with Gasteiger partial charge in [0.2, 0.25) is 5.78 Å². The van der Waals surface area contributed by atoms with Gasteiger partial charge in [-0.2, -0.15) is 0 Å². The van der Waals surface area contributed by atoms with Gasteiger partial charge >= 0.3 is 5.69 Å². The number of nitrogens with one attached hydrogen (secondary N) is 1. The van der Waals surface area contributed by atoms with Crippen molar-refractivity contribution in [2.24, 2.45) is 0 Å². The Hall–Kier alpha value is -2.67. The molecule has 0 aliphatic carbocycles. The summed E-state index contributed by atoms with van der Waals surface area (Å²) in [6.45, 7) is 6.29. The number of nitro groups is 1. The number of carbonyl (C=O) groups is 2. The lowest BCUT2D eigenvalue weighted by molar-refractivity contribution is -0.386. The van der Waals surface area contributed by atoms with Crippen LogP contribution in [-0.4, -0.2) is 27.6 Å². The second-order valence-electron chi connectivity index (χ2n) is 5.67. The normalized spacial score (nSPS) is 11.9. The Morgan fingerprint density at radius 2 is 1.96 bits per heavy atom. The fourth-order valence-electron chi connectivity index (χ4n) is 2.70. The van der Waals surface area contributed by atoms with Crippen molar-refractivity contribution >= 4 is 28.9 Å². The van der Waals surface area contributed by atoms with Gasteiger partial charge in [0.05, 0.1) is 10.6 Å². The van der Waals surface area contributed by atoms with E-state index in [9.17, 15) is 19.7 Å². The molecule has 0 unspecified atom stereocenters. The van der Waals surface area contributed by atoms with Crippen LogP contribution in [0.15, 0.2) is 18.2 Å². The van der Waals surface area contributed by atoms with Crippen molar-refractivity contribution in [3.05, 3.63) is 55.9 Å². The Morgan fingerprint density at radius 3 is 2.48 bits per heavy atom. The summed E-state index contributed by atoms with van der Waals surface area (Å²) in [5, 5.41) is 11.3. The number of rotatable bonds is 6. The first-order valence-corrected chi connectivity index (χ1v) is 7.86. The molecule has 0 saturated heterocycles. The number of Topliss-reactive ketones (excluding diaryl/α,β-unsaturated/α-hetero) is 2. The van der Waals surface area contributed by atoms with Gasteiger partial charge in [-0.05, 0) is 45.4 Å². The molecule has 1 N–H and O–H groups in total. The third-order valence-electron chi connectivity index (χ3n) is 3.83. The molecule has 25 heavy (non-hydrogen) atoms. The van der Waals surface area contributed by atoms with Crippen molar-refractivity contribution in [1.82, 2.24) is 4.98 Å². The van der Waals surface area contributed by atoms with Crippen LogP contribution in [-0.2, 0) is 0 Å². The SMILES string of the molecule is CC(=O)c1c(C)[nH]c(C(=O)[C@@H](C)Oc2ccc(Cl)cc2[N+](=O)[O-])c1C. The maximum Gasteiger partial charge on any atom is 0.312 e. The van der Waals surface area contributed by atoms with E-state index in [1.54, 1.807) is 13.8 Å². The Bertz CT molecular complexity index is 872. The molecular weight excluding hydrogens is 348 g/mol. The van der Waals surface area contributed by atoms with E-state index in [0.29, 0.717) is 16.8 Å². The average molecular weight is 365 g/mol. The molecule has 0 amide bonds. The molecule has 8 heteroatoms. The minimum Gasteiger partial charge on any atom is -0.475 e. The maximum absolute atomic E-state index is 12.6. The number of ketones is 2. The van der Waals surface area contributed by atoms with Gasteiger partial charge in [0.1, 0.15) is 0 Å². The van der Waals surface area contributed by atoms with Gasteiger partial charge in [0.15, 0.2) is 17.6 Å². The zero-order chi connectivity index (χ0) is 18.9. The predicted molar refractivity (Wildman–Crippen MR) is 92.8 cm³/mol. The van der Waals surface area contributed by atoms with Crippen molar-refractivity contribution in [1.29, 1.82) is 0 Å². The average Bonchev–Trinajstić information content (AvgIpc) is 2.82. The number of hydrogen-bond acceptors (Lipinski definition) is 5. The van der Waals surface area contributed by atoms with Gasteiger partial charge < -0.3 is 9.72 Å². The van der Waals surface area contributed by atoms with E-state index in [4.69, 9.17) is 16.3 Å². The van der Waals surface area contributed by atoms with Gasteiger partial charge in [0.25, 0.3) is 0 Å². The molecule has 1 aromatic carbocycles. The summed E-state index contributed by atoms with van der Waals surface area (Å²) in [7, 11) is 0. The van der Waals surface area contributed by atoms with Crippen molar-refractivity contribution < 1.29 is 19.2 Å². The summed E-state index contributed by atoms with van der Waals surface area (Å²) in [5.74, 6) is -0.604. The lowest BCUT2D eigenvalue weighted by atomic mass is 10.0. The number of aromatic nitrogens is 1. The minimum atomic E-state index is -0.989. The number of carbonyl (C=O) groups excluding carboxylic acids is 2. The van der Waals surface area contributed by atoms with Crippen LogP contribution in [0.5, 0.6) is 5.75 Å². The third kappa shape index (κ3) is 3.71. The van der Waals surface area contributed by atoms with Crippen LogP contribution in [0.4, 0.5) is 5.69 Å². The maximum atomic E-state index is 12.6. The molecular formula is C17H17ClN2O5. The van der Waals surface area contributed by atoms with Gasteiger partial charge in [0, 0.05) is 22.3 Å². The van der Waals surface area contributed by atoms with E-state index >= 15 is 0 Å². The Morgan fingerprint density at radius 1 is 1.32 bits per heavy atom. The number of aryl methyl sites for hydroxylation is 1. The first-order chi connectivity index (χ1) is 11.6. The van der Waals surface area contributed by atoms with Crippen LogP contribution in [0.2, 0.25) is 5.02 Å². The van der Waals surface area contributed by atoms with E-state index in [1.807, 2.05) is 0 Å². The Labute approximate surface area is 149 Å². The summed E-state index contributed by atoms with van der Waals surface area (Å²) in [6.07, 6.45) is -0.989. The molecule has 0 saturated carbocycles. The zero-order valence-electron chi connectivity index (χ0n) is 14.2. The number of nitro benzene ring substituents is 1. The molecule has 0 aliphatic heterocycles. The van der Waals surface area contributed by atoms with Gasteiger partial charge in [-0.25, -0.2) is 0 Å². The van der Waals surface area contributed by atoms with E-state index < -0.39 is 16.8 Å². The van der Waals surface area contributed by atoms with Gasteiger partial charge in [-0.15, -0.1) is 0 Å². The van der Waals surface area contributed by atoms with E-state index in [-0.39, 0.29) is 27.9 Å². The van der Waals surface area contributed by atoms with Crippen LogP contribution in [0.1, 0.15) is 46.0 Å². The highest BCUT2D eigenvalue weighted by Crippen LogP contribution is 2.31. The van der Waals surface area contributed by atoms with Crippen LogP contribution in [0, 0.1) is 24.0 Å². The van der Waals surface area contributed by atoms with Gasteiger partial charge in [-0.1, -0.05) is 11.6 Å². The number of aromatic amines is 1. The summed E-state index contributed by atoms with van der Waals surface area (Å²) in [4.78, 5) is 37.7. The largest absolute Gasteiger partial charge is 0.475 e. The van der Waals surface area contributed by atoms with Crippen LogP contribution >= 0.6 is 11.6 Å². The third-order valence-corrected chi connectivity index (χ3v) is 4.06. The summed E-state index contributed by atoms with van der Waals surface area (Å²) < 4.78 is 5.49. The van der Waals surface area contributed by atoms with Crippen molar-refractivity contribution in [3.8, 4) is 5.75 Å². The molecule has 7 nitrogen and oxygen atoms in total. The Kier molecular flexibility index (Phi) is 5.27. The second kappa shape index (κ2) is 7.06. The molecule has 1 atom stereocenters. The van der Waals surface area contributed by atoms with Crippen LogP contribution in [0.3, 0.4) is 0 Å². The molecule has 0 spiro atoms. The number of hydrogen-bond donors (Lipinski definition) is 1. The quantitative estimate of drug-likeness (QED) is 0.473. The van der Waals surface area contributed by atoms with Crippen LogP contribution in [0.25, 0.3) is 0 Å². The minimum absolute atomic E-state index is 0.0528. The lowest BCUT2D eigenvalue weighted by Gasteiger charge is -2.13. The molecule has 0 radical (unpaired) electrons. The number of H-pyrrole nitrogens is 1. The smallest absolute Gasteiger partial charge is 0.312 e. The lowest BCUT2D eigenvalue weighted by Crippen LogP contribution is -2.25. The molecule has 2 aromatic rings. The van der Waals surface area contributed by atoms with Crippen molar-refractivity contribution in [2.75, 3.05) is 0 Å². The van der Waals surface area contributed by atoms with Crippen molar-refractivity contribution in [3.63, 3.8) is 0 Å². The topological polar surface area (TPSA) is 102 Å². The van der Waals surface area contributed by atoms with E-state index in [2.05, 4.69) is 4.98 Å². The second-order valence-corrected chi connectivity index (χ2v) is 6.11. The number of benzene rings is 1. The summed E-state index contributed by atoms with van der Waals surface area (Å²) in [6, 6.07) is 3.95. The standard InChI is InChI=1S/C17H17ClN2O5/c1-8-15(10(3)21)9(2)19-16(8)17(22)11(4)25-14-6-5-12(18)7-13(14)20(23)24/h5-7,11,19H,1-4H3/t11-/m1/s1. The molecule has 0 bridgehead atoms. The molecule has 0 aliphatic rings. The highest BCUT2D eigenvalue weighted by Gasteiger charge is 2.26. The number of halogens is 1. The summed E-state index contributed by atoms with van der Waals surface area (Å²) in [5.41, 5.74) is 1.53. The fourth-order valence-corrected chi connectivity index (χ4v) is 2.87. The van der Waals surface area contributed by atoms with E-state index in [1.165, 1.54) is 26.0 Å². The summed E-state index contributed by atoms with van der Waals surface area (Å²) >= 11 is 5.76. The van der Waals surface area contributed by atoms with Crippen LogP contribution < -0.4 is 4.74 Å². The molecule has 0 fully saturated rings. The van der Waals surface area contributed by atoms with Gasteiger partial charge in [-0.3, -0.25) is 19.7 Å². The fraction of sp³-hybridized carbons (Fsp3) is 0.294. The molecule has 132 valence electrons. The highest BCUT2D eigenvalue weighted by atomic mass is 35.5. The molecule has 1 heterocycles. The monoisotopic (exact) mass is 364 g/mol. The molecule has 1 aromatic heterocycles. The highest BCUT2D eigenvalue weighted by molar-refractivity contribution is 6.30. The van der Waals surface area contributed by atoms with Crippen molar-refractivity contribution in [2.45, 2.75) is 33.8 Å². The zero-order valence-corrected chi connectivity index (χ0v) is 14.9. The molecule has 2 rings (SSSR count). The number of ether oxygens (including phenoxy) is 1. The Balaban J connectivity index is 2.32. The number of nitrogens with zero attached hydrogens (tertiary/aromatic N) is 1. The van der Waals surface area contributed by atoms with E-state index in [0.717, 1.165) is 6.07 Å².